The van der Waals surface area contributed by atoms with Crippen molar-refractivity contribution in [3.63, 3.8) is 0 Å². The highest BCUT2D eigenvalue weighted by atomic mass is 32.1. The Labute approximate surface area is 124 Å². The van der Waals surface area contributed by atoms with Gasteiger partial charge in [-0.1, -0.05) is 42.5 Å². The lowest BCUT2D eigenvalue weighted by Crippen LogP contribution is -2.27. The molecule has 0 fully saturated rings. The van der Waals surface area contributed by atoms with Crippen LogP contribution in [0, 0.1) is 0 Å². The lowest BCUT2D eigenvalue weighted by molar-refractivity contribution is 0.474. The van der Waals surface area contributed by atoms with E-state index < -0.39 is 0 Å². The molecular formula is C16H18N2OS. The summed E-state index contributed by atoms with van der Waals surface area (Å²) in [5, 5.41) is 9.56. The van der Waals surface area contributed by atoms with Gasteiger partial charge in [0.1, 0.15) is 5.75 Å². The Bertz CT molecular complexity index is 572. The molecule has 0 saturated carbocycles. The van der Waals surface area contributed by atoms with Crippen LogP contribution in [0.1, 0.15) is 12.0 Å². The summed E-state index contributed by atoms with van der Waals surface area (Å²) in [4.78, 5) is 2.72. The van der Waals surface area contributed by atoms with Crippen LogP contribution < -0.4 is 10.6 Å². The maximum absolute atomic E-state index is 9.56. The second kappa shape index (κ2) is 6.91. The van der Waals surface area contributed by atoms with Crippen molar-refractivity contribution in [2.24, 2.45) is 5.73 Å². The Morgan fingerprint density at radius 3 is 2.50 bits per heavy atom. The van der Waals surface area contributed by atoms with E-state index in [9.17, 15) is 5.11 Å². The molecule has 0 atom stereocenters. The lowest BCUT2D eigenvalue weighted by Gasteiger charge is -2.25. The number of phenolic OH excluding ortho intramolecular Hbond substituents is 1. The van der Waals surface area contributed by atoms with Crippen molar-refractivity contribution in [2.75, 3.05) is 11.4 Å². The molecular weight excluding hydrogens is 268 g/mol. The highest BCUT2D eigenvalue weighted by molar-refractivity contribution is 7.80. The summed E-state index contributed by atoms with van der Waals surface area (Å²) in [6, 6.07) is 17.4. The zero-order valence-electron chi connectivity index (χ0n) is 11.2. The molecule has 4 heteroatoms. The van der Waals surface area contributed by atoms with E-state index in [1.54, 1.807) is 12.1 Å². The van der Waals surface area contributed by atoms with Gasteiger partial charge in [0.2, 0.25) is 0 Å². The third-order valence-corrected chi connectivity index (χ3v) is 3.24. The standard InChI is InChI=1S/C16H18N2OS/c17-16(20)9-10-18(14-6-2-1-3-7-14)12-13-5-4-8-15(19)11-13/h1-8,11,19H,9-10,12H2,(H2,17,20). The predicted molar refractivity (Wildman–Crippen MR) is 87.0 cm³/mol. The Morgan fingerprint density at radius 1 is 1.10 bits per heavy atom. The highest BCUT2D eigenvalue weighted by Crippen LogP contribution is 2.19. The van der Waals surface area contributed by atoms with Crippen molar-refractivity contribution < 1.29 is 5.11 Å². The predicted octanol–water partition coefficient (Wildman–Crippen LogP) is 3.08. The minimum absolute atomic E-state index is 0.282. The highest BCUT2D eigenvalue weighted by Gasteiger charge is 2.08. The first kappa shape index (κ1) is 14.3. The number of rotatable bonds is 6. The Morgan fingerprint density at radius 2 is 1.85 bits per heavy atom. The molecule has 0 heterocycles. The van der Waals surface area contributed by atoms with Crippen LogP contribution in [-0.2, 0) is 6.54 Å². The van der Waals surface area contributed by atoms with Crippen molar-refractivity contribution in [1.29, 1.82) is 0 Å². The quantitative estimate of drug-likeness (QED) is 0.801. The molecule has 2 aromatic rings. The molecule has 2 aromatic carbocycles. The topological polar surface area (TPSA) is 49.5 Å². The van der Waals surface area contributed by atoms with Gasteiger partial charge >= 0.3 is 0 Å². The van der Waals surface area contributed by atoms with E-state index in [1.807, 2.05) is 30.3 Å². The molecule has 0 bridgehead atoms. The fourth-order valence-electron chi connectivity index (χ4n) is 2.06. The van der Waals surface area contributed by atoms with E-state index in [0.717, 1.165) is 17.8 Å². The molecule has 0 aliphatic heterocycles. The van der Waals surface area contributed by atoms with Crippen LogP contribution in [0.15, 0.2) is 54.6 Å². The van der Waals surface area contributed by atoms with Gasteiger partial charge in [0.15, 0.2) is 0 Å². The minimum Gasteiger partial charge on any atom is -0.508 e. The molecule has 20 heavy (non-hydrogen) atoms. The van der Waals surface area contributed by atoms with Crippen molar-refractivity contribution in [2.45, 2.75) is 13.0 Å². The smallest absolute Gasteiger partial charge is 0.115 e. The van der Waals surface area contributed by atoms with E-state index in [0.29, 0.717) is 18.0 Å². The summed E-state index contributed by atoms with van der Waals surface area (Å²) in [5.74, 6) is 0.282. The number of nitrogens with zero attached hydrogens (tertiary/aromatic N) is 1. The van der Waals surface area contributed by atoms with E-state index in [1.165, 1.54) is 0 Å². The molecule has 0 unspecified atom stereocenters. The molecule has 3 nitrogen and oxygen atoms in total. The van der Waals surface area contributed by atoms with Gasteiger partial charge in [0.05, 0.1) is 4.99 Å². The largest absolute Gasteiger partial charge is 0.508 e. The molecule has 0 aromatic heterocycles. The summed E-state index contributed by atoms with van der Waals surface area (Å²) in [5.41, 5.74) is 7.77. The van der Waals surface area contributed by atoms with E-state index in [2.05, 4.69) is 17.0 Å². The molecule has 0 amide bonds. The number of benzene rings is 2. The van der Waals surface area contributed by atoms with Crippen molar-refractivity contribution in [3.8, 4) is 5.75 Å². The number of hydrogen-bond acceptors (Lipinski definition) is 3. The van der Waals surface area contributed by atoms with Crippen LogP contribution in [0.4, 0.5) is 5.69 Å². The fourth-order valence-corrected chi connectivity index (χ4v) is 2.15. The lowest BCUT2D eigenvalue weighted by atomic mass is 10.1. The van der Waals surface area contributed by atoms with Gasteiger partial charge in [0.25, 0.3) is 0 Å². The molecule has 104 valence electrons. The zero-order chi connectivity index (χ0) is 14.4. The first-order chi connectivity index (χ1) is 9.65. The number of thiocarbonyl (C=S) groups is 1. The third-order valence-electron chi connectivity index (χ3n) is 3.03. The summed E-state index contributed by atoms with van der Waals surface area (Å²) in [7, 11) is 0. The van der Waals surface area contributed by atoms with Gasteiger partial charge in [-0.05, 0) is 29.8 Å². The number of hydrogen-bond donors (Lipinski definition) is 2. The van der Waals surface area contributed by atoms with Gasteiger partial charge in [-0.3, -0.25) is 0 Å². The van der Waals surface area contributed by atoms with Crippen LogP contribution in [0.25, 0.3) is 0 Å². The van der Waals surface area contributed by atoms with Gasteiger partial charge in [0, 0.05) is 25.2 Å². The number of para-hydroxylation sites is 1. The molecule has 0 radical (unpaired) electrons. The second-order valence-electron chi connectivity index (χ2n) is 4.64. The van der Waals surface area contributed by atoms with Crippen molar-refractivity contribution in [3.05, 3.63) is 60.2 Å². The van der Waals surface area contributed by atoms with Gasteiger partial charge < -0.3 is 15.7 Å². The summed E-state index contributed by atoms with van der Waals surface area (Å²) in [6.45, 7) is 1.47. The Hall–Kier alpha value is -2.07. The first-order valence-electron chi connectivity index (χ1n) is 6.51. The molecule has 0 spiro atoms. The van der Waals surface area contributed by atoms with E-state index >= 15 is 0 Å². The second-order valence-corrected chi connectivity index (χ2v) is 5.17. The monoisotopic (exact) mass is 286 g/mol. The van der Waals surface area contributed by atoms with Gasteiger partial charge in [-0.25, -0.2) is 0 Å². The van der Waals surface area contributed by atoms with Gasteiger partial charge in [-0.15, -0.1) is 0 Å². The number of aromatic hydroxyl groups is 1. The van der Waals surface area contributed by atoms with Crippen LogP contribution in [0.3, 0.4) is 0 Å². The Kier molecular flexibility index (Phi) is 4.96. The first-order valence-corrected chi connectivity index (χ1v) is 6.92. The van der Waals surface area contributed by atoms with Crippen molar-refractivity contribution >= 4 is 22.9 Å². The summed E-state index contributed by atoms with van der Waals surface area (Å²) >= 11 is 4.96. The van der Waals surface area contributed by atoms with Crippen LogP contribution in [0.5, 0.6) is 5.75 Å². The number of nitrogens with two attached hydrogens (primary N) is 1. The minimum atomic E-state index is 0.282. The molecule has 0 aliphatic rings. The molecule has 0 aliphatic carbocycles. The maximum atomic E-state index is 9.56. The van der Waals surface area contributed by atoms with Crippen LogP contribution in [0.2, 0.25) is 0 Å². The number of phenols is 1. The molecule has 0 saturated heterocycles. The Balaban J connectivity index is 2.16. The fraction of sp³-hybridized carbons (Fsp3) is 0.188. The van der Waals surface area contributed by atoms with Crippen LogP contribution >= 0.6 is 12.2 Å². The zero-order valence-corrected chi connectivity index (χ0v) is 12.0. The maximum Gasteiger partial charge on any atom is 0.115 e. The van der Waals surface area contributed by atoms with E-state index in [4.69, 9.17) is 18.0 Å². The SMILES string of the molecule is NC(=S)CCN(Cc1cccc(O)c1)c1ccccc1. The third kappa shape index (κ3) is 4.24. The van der Waals surface area contributed by atoms with Crippen molar-refractivity contribution in [1.82, 2.24) is 0 Å². The summed E-state index contributed by atoms with van der Waals surface area (Å²) in [6.07, 6.45) is 0.670. The molecule has 3 N–H and O–H groups in total. The molecule has 2 rings (SSSR count). The van der Waals surface area contributed by atoms with E-state index in [-0.39, 0.29) is 5.75 Å². The average molecular weight is 286 g/mol. The van der Waals surface area contributed by atoms with Crippen LogP contribution in [-0.4, -0.2) is 16.6 Å². The normalized spacial score (nSPS) is 10.2. The summed E-state index contributed by atoms with van der Waals surface area (Å²) < 4.78 is 0. The number of anilines is 1. The average Bonchev–Trinajstić information content (AvgIpc) is 2.44. The van der Waals surface area contributed by atoms with Gasteiger partial charge in [-0.2, -0.15) is 0 Å².